The van der Waals surface area contributed by atoms with Crippen LogP contribution in [0.4, 0.5) is 0 Å². The standard InChI is InChI=1S/C32H43N3O5/c1-4-16-35(17-5-2)31(39)32(15-9-12-25(20-32)30(33)38)26(18-23-10-7-6-8-11-23)28(37)22-34-21-24-13-14-27(36)29(19-24)40-3/h6-15,19,26,28,34,36-37H,4-5,16-18,20-22H2,1-3H3,(H2,33,38)/t26-,28+,32?/m1/s1. The first-order chi connectivity index (χ1) is 19.2. The average molecular weight is 550 g/mol. The minimum absolute atomic E-state index is 0.0563. The molecule has 5 N–H and O–H groups in total. The number of nitrogens with one attached hydrogen (secondary N) is 1. The van der Waals surface area contributed by atoms with Gasteiger partial charge in [-0.15, -0.1) is 0 Å². The van der Waals surface area contributed by atoms with E-state index in [1.54, 1.807) is 30.4 Å². The molecule has 2 aromatic rings. The molecule has 0 spiro atoms. The van der Waals surface area contributed by atoms with Crippen molar-refractivity contribution in [3.63, 3.8) is 0 Å². The Morgan fingerprint density at radius 1 is 1.10 bits per heavy atom. The van der Waals surface area contributed by atoms with E-state index in [0.717, 1.165) is 24.0 Å². The maximum atomic E-state index is 14.4. The zero-order valence-corrected chi connectivity index (χ0v) is 23.8. The second-order valence-electron chi connectivity index (χ2n) is 10.4. The number of aliphatic hydroxyl groups is 1. The van der Waals surface area contributed by atoms with Gasteiger partial charge in [0.05, 0.1) is 18.6 Å². The molecule has 8 nitrogen and oxygen atoms in total. The summed E-state index contributed by atoms with van der Waals surface area (Å²) in [6.07, 6.45) is 6.50. The largest absolute Gasteiger partial charge is 0.504 e. The molecule has 216 valence electrons. The fraction of sp³-hybridized carbons (Fsp3) is 0.438. The van der Waals surface area contributed by atoms with Gasteiger partial charge in [-0.25, -0.2) is 0 Å². The number of benzene rings is 2. The number of carbonyl (C=O) groups excluding carboxylic acids is 2. The number of primary amides is 1. The van der Waals surface area contributed by atoms with Gasteiger partial charge in [0.15, 0.2) is 11.5 Å². The molecule has 0 radical (unpaired) electrons. The molecule has 2 aromatic carbocycles. The van der Waals surface area contributed by atoms with Crippen LogP contribution in [0, 0.1) is 11.3 Å². The predicted molar refractivity (Wildman–Crippen MR) is 157 cm³/mol. The zero-order valence-electron chi connectivity index (χ0n) is 23.8. The van der Waals surface area contributed by atoms with Crippen LogP contribution in [0.5, 0.6) is 11.5 Å². The van der Waals surface area contributed by atoms with Crippen molar-refractivity contribution < 1.29 is 24.5 Å². The van der Waals surface area contributed by atoms with Crippen LogP contribution in [0.2, 0.25) is 0 Å². The quantitative estimate of drug-likeness (QED) is 0.268. The number of rotatable bonds is 15. The van der Waals surface area contributed by atoms with Gasteiger partial charge in [0.1, 0.15) is 0 Å². The lowest BCUT2D eigenvalue weighted by Gasteiger charge is -2.44. The highest BCUT2D eigenvalue weighted by Crippen LogP contribution is 2.44. The molecule has 0 bridgehead atoms. The molecular formula is C32H43N3O5. The monoisotopic (exact) mass is 549 g/mol. The third-order valence-electron chi connectivity index (χ3n) is 7.51. The second-order valence-corrected chi connectivity index (χ2v) is 10.4. The van der Waals surface area contributed by atoms with E-state index < -0.39 is 23.3 Å². The molecule has 1 aliphatic carbocycles. The molecule has 8 heteroatoms. The topological polar surface area (TPSA) is 125 Å². The number of methoxy groups -OCH3 is 1. The van der Waals surface area contributed by atoms with Gasteiger partial charge in [-0.2, -0.15) is 0 Å². The summed E-state index contributed by atoms with van der Waals surface area (Å²) in [6, 6.07) is 14.9. The van der Waals surface area contributed by atoms with Crippen LogP contribution in [-0.2, 0) is 22.6 Å². The van der Waals surface area contributed by atoms with Crippen molar-refractivity contribution >= 4 is 11.8 Å². The van der Waals surface area contributed by atoms with E-state index in [4.69, 9.17) is 10.5 Å². The highest BCUT2D eigenvalue weighted by atomic mass is 16.5. The van der Waals surface area contributed by atoms with Crippen molar-refractivity contribution in [3.8, 4) is 11.5 Å². The van der Waals surface area contributed by atoms with Gasteiger partial charge in [-0.1, -0.05) is 68.5 Å². The number of nitrogens with two attached hydrogens (primary N) is 1. The highest BCUT2D eigenvalue weighted by molar-refractivity contribution is 5.95. The number of phenols is 1. The summed E-state index contributed by atoms with van der Waals surface area (Å²) in [4.78, 5) is 28.6. The van der Waals surface area contributed by atoms with Gasteiger partial charge in [-0.3, -0.25) is 9.59 Å². The highest BCUT2D eigenvalue weighted by Gasteiger charge is 2.49. The van der Waals surface area contributed by atoms with E-state index in [2.05, 4.69) is 5.32 Å². The van der Waals surface area contributed by atoms with E-state index in [1.807, 2.05) is 55.2 Å². The number of ether oxygens (including phenoxy) is 1. The van der Waals surface area contributed by atoms with Gasteiger partial charge >= 0.3 is 0 Å². The Bertz CT molecular complexity index is 1190. The number of carbonyl (C=O) groups is 2. The van der Waals surface area contributed by atoms with Crippen molar-refractivity contribution in [1.82, 2.24) is 10.2 Å². The van der Waals surface area contributed by atoms with Crippen LogP contribution < -0.4 is 15.8 Å². The maximum absolute atomic E-state index is 14.4. The predicted octanol–water partition coefficient (Wildman–Crippen LogP) is 3.72. The summed E-state index contributed by atoms with van der Waals surface area (Å²) in [5, 5.41) is 25.0. The van der Waals surface area contributed by atoms with E-state index >= 15 is 0 Å². The fourth-order valence-corrected chi connectivity index (χ4v) is 5.52. The average Bonchev–Trinajstić information content (AvgIpc) is 2.96. The smallest absolute Gasteiger partial charge is 0.244 e. The molecule has 0 saturated carbocycles. The molecule has 3 atom stereocenters. The summed E-state index contributed by atoms with van der Waals surface area (Å²) >= 11 is 0. The van der Waals surface area contributed by atoms with Gasteiger partial charge in [-0.05, 0) is 48.9 Å². The molecule has 0 aliphatic heterocycles. The number of aromatic hydroxyl groups is 1. The van der Waals surface area contributed by atoms with Crippen LogP contribution in [0.25, 0.3) is 0 Å². The molecule has 0 fully saturated rings. The number of hydrogen-bond acceptors (Lipinski definition) is 6. The lowest BCUT2D eigenvalue weighted by Crippen LogP contribution is -2.54. The van der Waals surface area contributed by atoms with Gasteiger partial charge in [0, 0.05) is 37.7 Å². The van der Waals surface area contributed by atoms with Crippen molar-refractivity contribution in [1.29, 1.82) is 0 Å². The van der Waals surface area contributed by atoms with Crippen LogP contribution in [0.1, 0.15) is 44.2 Å². The fourth-order valence-electron chi connectivity index (χ4n) is 5.52. The molecule has 3 rings (SSSR count). The van der Waals surface area contributed by atoms with Gasteiger partial charge in [0.25, 0.3) is 0 Å². The first kappa shape index (κ1) is 30.9. The molecule has 0 aromatic heterocycles. The third-order valence-corrected chi connectivity index (χ3v) is 7.51. The van der Waals surface area contributed by atoms with Crippen LogP contribution >= 0.6 is 0 Å². The Morgan fingerprint density at radius 2 is 1.80 bits per heavy atom. The number of amides is 2. The summed E-state index contributed by atoms with van der Waals surface area (Å²) in [6.45, 7) is 5.88. The Labute approximate surface area is 237 Å². The lowest BCUT2D eigenvalue weighted by molar-refractivity contribution is -0.145. The van der Waals surface area contributed by atoms with E-state index in [9.17, 15) is 19.8 Å². The van der Waals surface area contributed by atoms with Crippen molar-refractivity contribution in [3.05, 3.63) is 83.5 Å². The van der Waals surface area contributed by atoms with Crippen molar-refractivity contribution in [2.45, 2.75) is 52.2 Å². The van der Waals surface area contributed by atoms with E-state index in [1.165, 1.54) is 7.11 Å². The number of nitrogens with zero attached hydrogens (tertiary/aromatic N) is 1. The summed E-state index contributed by atoms with van der Waals surface area (Å²) in [5.74, 6) is -0.772. The van der Waals surface area contributed by atoms with Crippen LogP contribution in [0.3, 0.4) is 0 Å². The number of hydrogen-bond donors (Lipinski definition) is 4. The lowest BCUT2D eigenvalue weighted by atomic mass is 9.64. The third kappa shape index (κ3) is 7.52. The minimum atomic E-state index is -1.15. The van der Waals surface area contributed by atoms with Crippen LogP contribution in [-0.4, -0.2) is 59.8 Å². The zero-order chi connectivity index (χ0) is 29.1. The molecule has 0 heterocycles. The number of phenolic OH excluding ortho intramolecular Hbond substituents is 1. The molecule has 1 unspecified atom stereocenters. The second kappa shape index (κ2) is 14.7. The van der Waals surface area contributed by atoms with Crippen LogP contribution in [0.15, 0.2) is 72.3 Å². The first-order valence-electron chi connectivity index (χ1n) is 14.0. The molecule has 1 aliphatic rings. The summed E-state index contributed by atoms with van der Waals surface area (Å²) < 4.78 is 5.21. The Hall–Kier alpha value is -3.62. The van der Waals surface area contributed by atoms with Gasteiger partial charge in [0.2, 0.25) is 11.8 Å². The Kier molecular flexibility index (Phi) is 11.3. The molecule has 2 amide bonds. The van der Waals surface area contributed by atoms with E-state index in [0.29, 0.717) is 37.4 Å². The summed E-state index contributed by atoms with van der Waals surface area (Å²) in [7, 11) is 1.49. The SMILES string of the molecule is CCCN(CCC)C(=O)C1([C@H](Cc2ccccc2)[C@@H](O)CNCc2ccc(O)c(OC)c2)C=CC=C(C(N)=O)C1. The Balaban J connectivity index is 1.97. The minimum Gasteiger partial charge on any atom is -0.504 e. The Morgan fingerprint density at radius 3 is 2.42 bits per heavy atom. The van der Waals surface area contributed by atoms with Crippen molar-refractivity contribution in [2.24, 2.45) is 17.1 Å². The van der Waals surface area contributed by atoms with Crippen molar-refractivity contribution in [2.75, 3.05) is 26.7 Å². The molecule has 0 saturated heterocycles. The van der Waals surface area contributed by atoms with Gasteiger partial charge < -0.3 is 30.9 Å². The number of aliphatic hydroxyl groups excluding tert-OH is 1. The normalized spacial score (nSPS) is 18.1. The maximum Gasteiger partial charge on any atom is 0.244 e. The first-order valence-corrected chi connectivity index (χ1v) is 14.0. The summed E-state index contributed by atoms with van der Waals surface area (Å²) in [5.41, 5.74) is 6.81. The molecule has 40 heavy (non-hydrogen) atoms. The molecular weight excluding hydrogens is 506 g/mol. The number of allylic oxidation sites excluding steroid dienone is 2. The van der Waals surface area contributed by atoms with E-state index in [-0.39, 0.29) is 24.6 Å².